The first-order valence-corrected chi connectivity index (χ1v) is 7.50. The molecule has 0 aliphatic rings. The zero-order chi connectivity index (χ0) is 14.8. The van der Waals surface area contributed by atoms with Crippen LogP contribution >= 0.6 is 11.8 Å². The number of nitrogens with one attached hydrogen (secondary N) is 1. The molecule has 0 saturated carbocycles. The van der Waals surface area contributed by atoms with E-state index in [1.165, 1.54) is 24.4 Å². The predicted octanol–water partition coefficient (Wildman–Crippen LogP) is 0.579. The van der Waals surface area contributed by atoms with Crippen molar-refractivity contribution in [2.75, 3.05) is 25.2 Å². The van der Waals surface area contributed by atoms with Gasteiger partial charge in [-0.05, 0) is 12.0 Å². The number of esters is 1. The summed E-state index contributed by atoms with van der Waals surface area (Å²) in [6.45, 7) is 0.604. The highest BCUT2D eigenvalue weighted by Gasteiger charge is 2.14. The Hall–Kier alpha value is -1.53. The van der Waals surface area contributed by atoms with E-state index in [-0.39, 0.29) is 5.91 Å². The minimum Gasteiger partial charge on any atom is -0.468 e. The molecule has 1 amide bonds. The van der Waals surface area contributed by atoms with Gasteiger partial charge < -0.3 is 15.8 Å². The average Bonchev–Trinajstić information content (AvgIpc) is 2.47. The third-order valence-electron chi connectivity index (χ3n) is 2.61. The Bertz CT molecular complexity index is 426. The van der Waals surface area contributed by atoms with Crippen LogP contribution in [0.25, 0.3) is 0 Å². The van der Waals surface area contributed by atoms with E-state index in [4.69, 9.17) is 5.73 Å². The summed E-state index contributed by atoms with van der Waals surface area (Å²) in [7, 11) is 1.29. The molecule has 1 aromatic rings. The van der Waals surface area contributed by atoms with E-state index in [0.717, 1.165) is 6.42 Å². The van der Waals surface area contributed by atoms with Crippen LogP contribution in [0.4, 0.5) is 0 Å². The fourth-order valence-corrected chi connectivity index (χ4v) is 2.34. The molecular weight excluding hydrogens is 276 g/mol. The normalized spacial score (nSPS) is 11.7. The van der Waals surface area contributed by atoms with Crippen LogP contribution < -0.4 is 11.1 Å². The van der Waals surface area contributed by atoms with Crippen LogP contribution in [0.3, 0.4) is 0 Å². The molecule has 0 spiro atoms. The van der Waals surface area contributed by atoms with Crippen molar-refractivity contribution in [3.05, 3.63) is 35.9 Å². The molecule has 20 heavy (non-hydrogen) atoms. The van der Waals surface area contributed by atoms with Crippen molar-refractivity contribution in [1.29, 1.82) is 0 Å². The summed E-state index contributed by atoms with van der Waals surface area (Å²) in [4.78, 5) is 22.6. The third kappa shape index (κ3) is 6.58. The van der Waals surface area contributed by atoms with Crippen LogP contribution in [0.1, 0.15) is 5.56 Å². The number of nitrogens with two attached hydrogens (primary N) is 1. The van der Waals surface area contributed by atoms with Gasteiger partial charge in [0.2, 0.25) is 5.91 Å². The molecule has 6 heteroatoms. The molecule has 1 rings (SSSR count). The van der Waals surface area contributed by atoms with Crippen molar-refractivity contribution < 1.29 is 14.3 Å². The number of thioether (sulfide) groups is 1. The van der Waals surface area contributed by atoms with Crippen molar-refractivity contribution in [2.45, 2.75) is 12.5 Å². The lowest BCUT2D eigenvalue weighted by Crippen LogP contribution is -2.35. The summed E-state index contributed by atoms with van der Waals surface area (Å²) in [6, 6.07) is 9.28. The molecule has 1 atom stereocenters. The van der Waals surface area contributed by atoms with Gasteiger partial charge in [0.25, 0.3) is 0 Å². The average molecular weight is 296 g/mol. The second-order valence-electron chi connectivity index (χ2n) is 4.23. The Morgan fingerprint density at radius 2 is 2.05 bits per heavy atom. The van der Waals surface area contributed by atoms with Gasteiger partial charge in [-0.2, -0.15) is 0 Å². The minimum atomic E-state index is -0.679. The maximum Gasteiger partial charge on any atom is 0.323 e. The zero-order valence-electron chi connectivity index (χ0n) is 11.5. The van der Waals surface area contributed by atoms with E-state index in [9.17, 15) is 9.59 Å². The van der Waals surface area contributed by atoms with E-state index in [1.807, 2.05) is 30.3 Å². The van der Waals surface area contributed by atoms with Gasteiger partial charge in [0.15, 0.2) is 0 Å². The number of ether oxygens (including phenoxy) is 1. The molecule has 0 saturated heterocycles. The molecule has 0 heterocycles. The lowest BCUT2D eigenvalue weighted by atomic mass is 10.1. The Balaban J connectivity index is 2.10. The van der Waals surface area contributed by atoms with Gasteiger partial charge in [-0.1, -0.05) is 30.3 Å². The maximum absolute atomic E-state index is 11.6. The number of hydrogen-bond acceptors (Lipinski definition) is 5. The minimum absolute atomic E-state index is 0.0528. The number of hydrogen-bond donors (Lipinski definition) is 2. The Morgan fingerprint density at radius 3 is 2.70 bits per heavy atom. The van der Waals surface area contributed by atoms with Crippen LogP contribution in [0.15, 0.2) is 30.3 Å². The van der Waals surface area contributed by atoms with E-state index in [1.54, 1.807) is 0 Å². The molecule has 0 aliphatic heterocycles. The van der Waals surface area contributed by atoms with E-state index >= 15 is 0 Å². The lowest BCUT2D eigenvalue weighted by Gasteiger charge is -2.09. The molecule has 5 nitrogen and oxygen atoms in total. The predicted molar refractivity (Wildman–Crippen MR) is 80.5 cm³/mol. The van der Waals surface area contributed by atoms with Crippen LogP contribution in [0.2, 0.25) is 0 Å². The maximum atomic E-state index is 11.6. The molecule has 0 bridgehead atoms. The van der Waals surface area contributed by atoms with Crippen molar-refractivity contribution >= 4 is 23.6 Å². The molecule has 1 unspecified atom stereocenters. The van der Waals surface area contributed by atoms with Gasteiger partial charge in [0, 0.05) is 12.3 Å². The molecular formula is C14H20N2O3S. The second-order valence-corrected chi connectivity index (χ2v) is 5.26. The molecule has 0 aliphatic carbocycles. The van der Waals surface area contributed by atoms with Crippen molar-refractivity contribution in [1.82, 2.24) is 5.32 Å². The SMILES string of the molecule is COC(=O)C(N)CSCC(=O)NCCc1ccccc1. The number of methoxy groups -OCH3 is 1. The topological polar surface area (TPSA) is 81.4 Å². The van der Waals surface area contributed by atoms with E-state index < -0.39 is 12.0 Å². The quantitative estimate of drug-likeness (QED) is 0.686. The molecule has 0 fully saturated rings. The van der Waals surface area contributed by atoms with Gasteiger partial charge in [-0.15, -0.1) is 11.8 Å². The van der Waals surface area contributed by atoms with Crippen LogP contribution in [-0.4, -0.2) is 43.1 Å². The first-order valence-electron chi connectivity index (χ1n) is 6.35. The Labute approximate surface area is 123 Å². The summed E-state index contributed by atoms with van der Waals surface area (Å²) >= 11 is 1.32. The smallest absolute Gasteiger partial charge is 0.323 e. The van der Waals surface area contributed by atoms with Crippen LogP contribution in [0.5, 0.6) is 0 Å². The summed E-state index contributed by atoms with van der Waals surface area (Å²) in [5, 5.41) is 2.83. The summed E-state index contributed by atoms with van der Waals surface area (Å²) in [6.07, 6.45) is 0.804. The van der Waals surface area contributed by atoms with Crippen molar-refractivity contribution in [3.8, 4) is 0 Å². The van der Waals surface area contributed by atoms with E-state index in [2.05, 4.69) is 10.1 Å². The van der Waals surface area contributed by atoms with Crippen LogP contribution in [0, 0.1) is 0 Å². The number of carbonyl (C=O) groups excluding carboxylic acids is 2. The highest BCUT2D eigenvalue weighted by Crippen LogP contribution is 2.03. The van der Waals surface area contributed by atoms with Crippen molar-refractivity contribution in [3.63, 3.8) is 0 Å². The Kier molecular flexibility index (Phi) is 7.75. The third-order valence-corrected chi connectivity index (χ3v) is 3.67. The molecule has 3 N–H and O–H groups in total. The summed E-state index contributed by atoms with van der Waals surface area (Å²) in [5.41, 5.74) is 6.75. The van der Waals surface area contributed by atoms with Gasteiger partial charge in [0.1, 0.15) is 6.04 Å². The molecule has 0 aromatic heterocycles. The number of carbonyl (C=O) groups is 2. The first-order chi connectivity index (χ1) is 9.63. The van der Waals surface area contributed by atoms with Crippen LogP contribution in [-0.2, 0) is 20.7 Å². The largest absolute Gasteiger partial charge is 0.468 e. The second kappa shape index (κ2) is 9.39. The zero-order valence-corrected chi connectivity index (χ0v) is 12.3. The fourth-order valence-electron chi connectivity index (χ4n) is 1.54. The summed E-state index contributed by atoms with van der Waals surface area (Å²) < 4.78 is 4.51. The Morgan fingerprint density at radius 1 is 1.35 bits per heavy atom. The van der Waals surface area contributed by atoms with Crippen molar-refractivity contribution in [2.24, 2.45) is 5.73 Å². The fraction of sp³-hybridized carbons (Fsp3) is 0.429. The highest BCUT2D eigenvalue weighted by molar-refractivity contribution is 8.00. The first kappa shape index (κ1) is 16.5. The van der Waals surface area contributed by atoms with Gasteiger partial charge in [0.05, 0.1) is 12.9 Å². The number of amides is 1. The van der Waals surface area contributed by atoms with E-state index in [0.29, 0.717) is 18.1 Å². The number of rotatable bonds is 8. The monoisotopic (exact) mass is 296 g/mol. The van der Waals surface area contributed by atoms with Gasteiger partial charge in [-0.25, -0.2) is 0 Å². The van der Waals surface area contributed by atoms with Gasteiger partial charge >= 0.3 is 5.97 Å². The summed E-state index contributed by atoms with van der Waals surface area (Å²) in [5.74, 6) is 0.156. The highest BCUT2D eigenvalue weighted by atomic mass is 32.2. The standard InChI is InChI=1S/C14H20N2O3S/c1-19-14(18)12(15)9-20-10-13(17)16-8-7-11-5-3-2-4-6-11/h2-6,12H,7-10,15H2,1H3,(H,16,17). The molecule has 0 radical (unpaired) electrons. The molecule has 110 valence electrons. The lowest BCUT2D eigenvalue weighted by molar-refractivity contribution is -0.141. The van der Waals surface area contributed by atoms with Gasteiger partial charge in [-0.3, -0.25) is 9.59 Å². The molecule has 1 aromatic carbocycles. The number of benzene rings is 1.